The van der Waals surface area contributed by atoms with Gasteiger partial charge in [0, 0.05) is 56.6 Å². The molecule has 2 aliphatic rings. The van der Waals surface area contributed by atoms with Gasteiger partial charge in [0.25, 0.3) is 0 Å². The van der Waals surface area contributed by atoms with Gasteiger partial charge >= 0.3 is 0 Å². The summed E-state index contributed by atoms with van der Waals surface area (Å²) in [7, 11) is 0. The van der Waals surface area contributed by atoms with Crippen molar-refractivity contribution in [1.82, 2.24) is 15.2 Å². The highest BCUT2D eigenvalue weighted by Crippen LogP contribution is 2.22. The number of nitrogens with zero attached hydrogens (tertiary/aromatic N) is 2. The van der Waals surface area contributed by atoms with Crippen LogP contribution >= 0.6 is 0 Å². The van der Waals surface area contributed by atoms with Crippen molar-refractivity contribution in [3.8, 4) is 0 Å². The molecule has 5 heteroatoms. The molecule has 0 saturated carbocycles. The van der Waals surface area contributed by atoms with Gasteiger partial charge < -0.3 is 14.8 Å². The van der Waals surface area contributed by atoms with Crippen LogP contribution in [0, 0.1) is 5.92 Å². The Labute approximate surface area is 133 Å². The topological polar surface area (TPSA) is 46.6 Å². The Morgan fingerprint density at radius 1 is 1.23 bits per heavy atom. The number of ether oxygens (including phenoxy) is 2. The number of aromatic nitrogens is 1. The zero-order valence-electron chi connectivity index (χ0n) is 13.4. The molecule has 2 saturated heterocycles. The number of hydrogen-bond donors (Lipinski definition) is 1. The molecule has 2 aliphatic heterocycles. The van der Waals surface area contributed by atoms with Crippen LogP contribution in [0.1, 0.15) is 24.9 Å². The Morgan fingerprint density at radius 3 is 2.68 bits per heavy atom. The fourth-order valence-corrected chi connectivity index (χ4v) is 3.43. The molecule has 1 N–H and O–H groups in total. The van der Waals surface area contributed by atoms with E-state index in [0.29, 0.717) is 18.0 Å². The van der Waals surface area contributed by atoms with Gasteiger partial charge in [0.2, 0.25) is 0 Å². The molecule has 3 rings (SSSR count). The van der Waals surface area contributed by atoms with Crippen LogP contribution in [0.4, 0.5) is 0 Å². The first-order valence-electron chi connectivity index (χ1n) is 8.37. The van der Waals surface area contributed by atoms with E-state index < -0.39 is 0 Å². The Bertz CT molecular complexity index is 431. The molecule has 3 unspecified atom stereocenters. The second kappa shape index (κ2) is 8.02. The van der Waals surface area contributed by atoms with E-state index in [4.69, 9.17) is 9.47 Å². The largest absolute Gasteiger partial charge is 0.381 e. The van der Waals surface area contributed by atoms with E-state index in [0.717, 1.165) is 46.1 Å². The molecular formula is C17H27N3O2. The average molecular weight is 305 g/mol. The first-order valence-corrected chi connectivity index (χ1v) is 8.37. The van der Waals surface area contributed by atoms with Gasteiger partial charge in [-0.25, -0.2) is 0 Å². The highest BCUT2D eigenvalue weighted by atomic mass is 16.5. The SMILES string of the molecule is CC(NCC(C1CCOC1)N1CCOCC1)c1ccncc1. The third-order valence-corrected chi connectivity index (χ3v) is 4.86. The second-order valence-corrected chi connectivity index (χ2v) is 6.25. The quantitative estimate of drug-likeness (QED) is 0.862. The van der Waals surface area contributed by atoms with E-state index in [1.165, 1.54) is 12.0 Å². The van der Waals surface area contributed by atoms with Crippen LogP contribution in [0.15, 0.2) is 24.5 Å². The second-order valence-electron chi connectivity index (χ2n) is 6.25. The Balaban J connectivity index is 1.59. The first-order chi connectivity index (χ1) is 10.8. The van der Waals surface area contributed by atoms with E-state index in [-0.39, 0.29) is 0 Å². The number of nitrogens with one attached hydrogen (secondary N) is 1. The minimum Gasteiger partial charge on any atom is -0.381 e. The van der Waals surface area contributed by atoms with Crippen LogP contribution in [0.2, 0.25) is 0 Å². The lowest BCUT2D eigenvalue weighted by atomic mass is 9.96. The summed E-state index contributed by atoms with van der Waals surface area (Å²) >= 11 is 0. The molecule has 1 aromatic rings. The lowest BCUT2D eigenvalue weighted by molar-refractivity contribution is 0.000912. The molecule has 0 radical (unpaired) electrons. The van der Waals surface area contributed by atoms with Crippen LogP contribution in [0.3, 0.4) is 0 Å². The molecule has 0 amide bonds. The predicted octanol–water partition coefficient (Wildman–Crippen LogP) is 1.47. The standard InChI is InChI=1S/C17H27N3O2/c1-14(15-2-5-18-6-3-15)19-12-17(16-4-9-22-13-16)20-7-10-21-11-8-20/h2-3,5-6,14,16-17,19H,4,7-13H2,1H3. The summed E-state index contributed by atoms with van der Waals surface area (Å²) in [5.41, 5.74) is 1.29. The monoisotopic (exact) mass is 305 g/mol. The molecule has 2 fully saturated rings. The lowest BCUT2D eigenvalue weighted by Crippen LogP contribution is -2.51. The van der Waals surface area contributed by atoms with Gasteiger partial charge in [-0.15, -0.1) is 0 Å². The van der Waals surface area contributed by atoms with Gasteiger partial charge in [0.15, 0.2) is 0 Å². The smallest absolute Gasteiger partial charge is 0.0594 e. The van der Waals surface area contributed by atoms with E-state index in [1.807, 2.05) is 12.4 Å². The van der Waals surface area contributed by atoms with Crippen molar-refractivity contribution in [2.75, 3.05) is 46.1 Å². The van der Waals surface area contributed by atoms with E-state index in [1.54, 1.807) is 0 Å². The van der Waals surface area contributed by atoms with Gasteiger partial charge in [0.05, 0.1) is 19.8 Å². The Hall–Kier alpha value is -1.01. The summed E-state index contributed by atoms with van der Waals surface area (Å²) in [5.74, 6) is 0.634. The summed E-state index contributed by atoms with van der Waals surface area (Å²) in [6.07, 6.45) is 4.89. The number of morpholine rings is 1. The summed E-state index contributed by atoms with van der Waals surface area (Å²) in [6.45, 7) is 8.79. The molecular weight excluding hydrogens is 278 g/mol. The molecule has 0 aliphatic carbocycles. The summed E-state index contributed by atoms with van der Waals surface area (Å²) < 4.78 is 11.1. The maximum Gasteiger partial charge on any atom is 0.0594 e. The van der Waals surface area contributed by atoms with Crippen molar-refractivity contribution >= 4 is 0 Å². The van der Waals surface area contributed by atoms with Crippen molar-refractivity contribution in [3.63, 3.8) is 0 Å². The van der Waals surface area contributed by atoms with Crippen LogP contribution < -0.4 is 5.32 Å². The molecule has 22 heavy (non-hydrogen) atoms. The zero-order valence-corrected chi connectivity index (χ0v) is 13.4. The summed E-state index contributed by atoms with van der Waals surface area (Å²) in [6, 6.07) is 5.05. The van der Waals surface area contributed by atoms with Crippen LogP contribution in [0.5, 0.6) is 0 Å². The molecule has 122 valence electrons. The highest BCUT2D eigenvalue weighted by molar-refractivity contribution is 5.14. The highest BCUT2D eigenvalue weighted by Gasteiger charge is 2.31. The molecule has 0 bridgehead atoms. The zero-order chi connectivity index (χ0) is 15.2. The van der Waals surface area contributed by atoms with E-state index in [2.05, 4.69) is 34.3 Å². The van der Waals surface area contributed by atoms with E-state index in [9.17, 15) is 0 Å². The third-order valence-electron chi connectivity index (χ3n) is 4.86. The van der Waals surface area contributed by atoms with Crippen LogP contribution in [0.25, 0.3) is 0 Å². The first kappa shape index (κ1) is 15.9. The molecule has 3 atom stereocenters. The maximum atomic E-state index is 5.63. The van der Waals surface area contributed by atoms with Gasteiger partial charge in [-0.1, -0.05) is 0 Å². The maximum absolute atomic E-state index is 5.63. The molecule has 0 aromatic carbocycles. The molecule has 3 heterocycles. The Kier molecular flexibility index (Phi) is 5.78. The van der Waals surface area contributed by atoms with Gasteiger partial charge in [-0.3, -0.25) is 9.88 Å². The average Bonchev–Trinajstić information content (AvgIpc) is 3.11. The van der Waals surface area contributed by atoms with Crippen molar-refractivity contribution in [2.24, 2.45) is 5.92 Å². The molecule has 1 aromatic heterocycles. The third kappa shape index (κ3) is 4.04. The van der Waals surface area contributed by atoms with Crippen molar-refractivity contribution in [2.45, 2.75) is 25.4 Å². The van der Waals surface area contributed by atoms with Crippen molar-refractivity contribution < 1.29 is 9.47 Å². The van der Waals surface area contributed by atoms with Crippen molar-refractivity contribution in [3.05, 3.63) is 30.1 Å². The van der Waals surface area contributed by atoms with Gasteiger partial charge in [-0.05, 0) is 31.0 Å². The number of rotatable bonds is 6. The van der Waals surface area contributed by atoms with Gasteiger partial charge in [-0.2, -0.15) is 0 Å². The molecule has 5 nitrogen and oxygen atoms in total. The normalized spacial score (nSPS) is 26.0. The van der Waals surface area contributed by atoms with Crippen LogP contribution in [-0.2, 0) is 9.47 Å². The Morgan fingerprint density at radius 2 is 2.00 bits per heavy atom. The summed E-state index contributed by atoms with van der Waals surface area (Å²) in [4.78, 5) is 6.67. The number of hydrogen-bond acceptors (Lipinski definition) is 5. The van der Waals surface area contributed by atoms with Crippen molar-refractivity contribution in [1.29, 1.82) is 0 Å². The van der Waals surface area contributed by atoms with Crippen LogP contribution in [-0.4, -0.2) is 62.0 Å². The predicted molar refractivity (Wildman–Crippen MR) is 85.8 cm³/mol. The van der Waals surface area contributed by atoms with Gasteiger partial charge in [0.1, 0.15) is 0 Å². The number of pyridine rings is 1. The molecule has 0 spiro atoms. The minimum absolute atomic E-state index is 0.342. The summed E-state index contributed by atoms with van der Waals surface area (Å²) in [5, 5.41) is 3.71. The fourth-order valence-electron chi connectivity index (χ4n) is 3.43. The fraction of sp³-hybridized carbons (Fsp3) is 0.706. The lowest BCUT2D eigenvalue weighted by Gasteiger charge is -2.38. The minimum atomic E-state index is 0.342. The van der Waals surface area contributed by atoms with E-state index >= 15 is 0 Å².